The van der Waals surface area contributed by atoms with E-state index in [0.29, 0.717) is 11.9 Å². The summed E-state index contributed by atoms with van der Waals surface area (Å²) in [5.74, 6) is 0. The van der Waals surface area contributed by atoms with E-state index in [4.69, 9.17) is 0 Å². The number of aliphatic hydroxyl groups excluding tert-OH is 1. The number of benzene rings is 1. The molecule has 1 atom stereocenters. The highest BCUT2D eigenvalue weighted by Crippen LogP contribution is 2.13. The third-order valence-corrected chi connectivity index (χ3v) is 4.50. The SMILES string of the molecule is CN(Cc1ccccc1)C[C@@H](O)Cn1cnc2sccc2c1=O. The van der Waals surface area contributed by atoms with Crippen molar-refractivity contribution in [2.45, 2.75) is 19.2 Å². The molecule has 23 heavy (non-hydrogen) atoms. The zero-order valence-electron chi connectivity index (χ0n) is 12.9. The van der Waals surface area contributed by atoms with Gasteiger partial charge in [-0.25, -0.2) is 4.98 Å². The first-order chi connectivity index (χ1) is 11.1. The van der Waals surface area contributed by atoms with Crippen LogP contribution in [0.15, 0.2) is 52.9 Å². The van der Waals surface area contributed by atoms with Crippen LogP contribution >= 0.6 is 11.3 Å². The Balaban J connectivity index is 1.63. The van der Waals surface area contributed by atoms with Crippen LogP contribution in [-0.2, 0) is 13.1 Å². The van der Waals surface area contributed by atoms with Gasteiger partial charge in [-0.2, -0.15) is 0 Å². The van der Waals surface area contributed by atoms with Crippen LogP contribution < -0.4 is 5.56 Å². The van der Waals surface area contributed by atoms with E-state index < -0.39 is 6.10 Å². The number of aromatic nitrogens is 2. The Kier molecular flexibility index (Phi) is 4.85. The van der Waals surface area contributed by atoms with E-state index >= 15 is 0 Å². The van der Waals surface area contributed by atoms with Crippen molar-refractivity contribution in [1.29, 1.82) is 0 Å². The van der Waals surface area contributed by atoms with Gasteiger partial charge in [0.1, 0.15) is 4.83 Å². The van der Waals surface area contributed by atoms with Crippen LogP contribution in [0.25, 0.3) is 10.2 Å². The van der Waals surface area contributed by atoms with Gasteiger partial charge in [-0.3, -0.25) is 14.3 Å². The van der Waals surface area contributed by atoms with Gasteiger partial charge in [-0.1, -0.05) is 30.3 Å². The van der Waals surface area contributed by atoms with Crippen LogP contribution in [0, 0.1) is 0 Å². The summed E-state index contributed by atoms with van der Waals surface area (Å²) in [4.78, 5) is 19.3. The fourth-order valence-electron chi connectivity index (χ4n) is 2.63. The van der Waals surface area contributed by atoms with Gasteiger partial charge in [-0.05, 0) is 24.1 Å². The van der Waals surface area contributed by atoms with Crippen LogP contribution in [0.4, 0.5) is 0 Å². The van der Waals surface area contributed by atoms with Crippen molar-refractivity contribution in [2.24, 2.45) is 0 Å². The monoisotopic (exact) mass is 329 g/mol. The van der Waals surface area contributed by atoms with Gasteiger partial charge in [0.25, 0.3) is 5.56 Å². The standard InChI is InChI=1S/C17H19N3O2S/c1-19(9-13-5-3-2-4-6-13)10-14(21)11-20-12-18-16-15(17(20)22)7-8-23-16/h2-8,12,14,21H,9-11H2,1H3/t14-/m1/s1. The van der Waals surface area contributed by atoms with Gasteiger partial charge in [0, 0.05) is 13.1 Å². The number of hydrogen-bond acceptors (Lipinski definition) is 5. The fourth-order valence-corrected chi connectivity index (χ4v) is 3.35. The molecule has 0 fully saturated rings. The summed E-state index contributed by atoms with van der Waals surface area (Å²) in [6.45, 7) is 1.49. The lowest BCUT2D eigenvalue weighted by atomic mass is 10.2. The number of aliphatic hydroxyl groups is 1. The molecule has 2 heterocycles. The first-order valence-electron chi connectivity index (χ1n) is 7.46. The molecule has 120 valence electrons. The van der Waals surface area contributed by atoms with Gasteiger partial charge in [-0.15, -0.1) is 11.3 Å². The molecule has 0 saturated heterocycles. The number of rotatable bonds is 6. The summed E-state index contributed by atoms with van der Waals surface area (Å²) in [6, 6.07) is 11.9. The van der Waals surface area contributed by atoms with E-state index in [9.17, 15) is 9.90 Å². The van der Waals surface area contributed by atoms with Gasteiger partial charge in [0.2, 0.25) is 0 Å². The molecule has 0 unspecified atom stereocenters. The Morgan fingerprint density at radius 3 is 2.87 bits per heavy atom. The second-order valence-corrected chi connectivity index (χ2v) is 6.57. The second-order valence-electron chi connectivity index (χ2n) is 5.68. The van der Waals surface area contributed by atoms with E-state index in [1.165, 1.54) is 27.8 Å². The molecule has 0 radical (unpaired) electrons. The molecule has 0 bridgehead atoms. The molecular formula is C17H19N3O2S. The van der Waals surface area contributed by atoms with Crippen molar-refractivity contribution in [1.82, 2.24) is 14.5 Å². The van der Waals surface area contributed by atoms with Crippen LogP contribution in [0.2, 0.25) is 0 Å². The van der Waals surface area contributed by atoms with Crippen molar-refractivity contribution < 1.29 is 5.11 Å². The lowest BCUT2D eigenvalue weighted by molar-refractivity contribution is 0.106. The summed E-state index contributed by atoms with van der Waals surface area (Å²) in [5.41, 5.74) is 1.10. The van der Waals surface area contributed by atoms with Gasteiger partial charge in [0.05, 0.1) is 24.4 Å². The van der Waals surface area contributed by atoms with Crippen molar-refractivity contribution in [3.63, 3.8) is 0 Å². The van der Waals surface area contributed by atoms with E-state index in [0.717, 1.165) is 11.4 Å². The maximum absolute atomic E-state index is 12.3. The summed E-state index contributed by atoms with van der Waals surface area (Å²) in [7, 11) is 1.96. The number of likely N-dealkylation sites (N-methyl/N-ethyl adjacent to an activating group) is 1. The van der Waals surface area contributed by atoms with Crippen molar-refractivity contribution >= 4 is 21.6 Å². The molecule has 0 aliphatic carbocycles. The minimum Gasteiger partial charge on any atom is -0.390 e. The second kappa shape index (κ2) is 7.04. The van der Waals surface area contributed by atoms with Crippen molar-refractivity contribution in [2.75, 3.05) is 13.6 Å². The van der Waals surface area contributed by atoms with Gasteiger partial charge < -0.3 is 5.11 Å². The molecule has 6 heteroatoms. The molecule has 3 rings (SSSR count). The predicted molar refractivity (Wildman–Crippen MR) is 92.7 cm³/mol. The highest BCUT2D eigenvalue weighted by molar-refractivity contribution is 7.16. The molecule has 0 spiro atoms. The highest BCUT2D eigenvalue weighted by Gasteiger charge is 2.12. The zero-order chi connectivity index (χ0) is 16.2. The Labute approximate surface area is 138 Å². The Morgan fingerprint density at radius 2 is 2.09 bits per heavy atom. The van der Waals surface area contributed by atoms with E-state index in [1.54, 1.807) is 6.07 Å². The molecule has 3 aromatic rings. The molecule has 0 amide bonds. The normalized spacial score (nSPS) is 12.8. The van der Waals surface area contributed by atoms with Crippen LogP contribution in [0.5, 0.6) is 0 Å². The minimum absolute atomic E-state index is 0.0963. The Bertz CT molecular complexity index is 828. The smallest absolute Gasteiger partial charge is 0.262 e. The number of thiophene rings is 1. The number of fused-ring (bicyclic) bond motifs is 1. The average molecular weight is 329 g/mol. The van der Waals surface area contributed by atoms with E-state index in [-0.39, 0.29) is 12.1 Å². The molecule has 0 saturated carbocycles. The Morgan fingerprint density at radius 1 is 1.30 bits per heavy atom. The minimum atomic E-state index is -0.626. The summed E-state index contributed by atoms with van der Waals surface area (Å²) < 4.78 is 1.48. The molecule has 0 aliphatic rings. The predicted octanol–water partition coefficient (Wildman–Crippen LogP) is 1.95. The molecule has 1 N–H and O–H groups in total. The first kappa shape index (κ1) is 15.9. The van der Waals surface area contributed by atoms with Crippen molar-refractivity contribution in [3.05, 3.63) is 64.0 Å². The maximum Gasteiger partial charge on any atom is 0.262 e. The number of hydrogen-bond donors (Lipinski definition) is 1. The summed E-state index contributed by atoms with van der Waals surface area (Å²) in [5, 5.41) is 12.7. The van der Waals surface area contributed by atoms with Crippen molar-refractivity contribution in [3.8, 4) is 0 Å². The van der Waals surface area contributed by atoms with Gasteiger partial charge in [0.15, 0.2) is 0 Å². The zero-order valence-corrected chi connectivity index (χ0v) is 13.7. The van der Waals surface area contributed by atoms with Crippen LogP contribution in [-0.4, -0.2) is 39.3 Å². The molecule has 5 nitrogen and oxygen atoms in total. The lowest BCUT2D eigenvalue weighted by Crippen LogP contribution is -2.34. The molecular weight excluding hydrogens is 310 g/mol. The van der Waals surface area contributed by atoms with Crippen LogP contribution in [0.3, 0.4) is 0 Å². The van der Waals surface area contributed by atoms with E-state index in [1.807, 2.05) is 35.5 Å². The number of nitrogens with zero attached hydrogens (tertiary/aromatic N) is 3. The van der Waals surface area contributed by atoms with Gasteiger partial charge >= 0.3 is 0 Å². The topological polar surface area (TPSA) is 58.4 Å². The summed E-state index contributed by atoms with van der Waals surface area (Å²) >= 11 is 1.45. The molecule has 0 aliphatic heterocycles. The molecule has 1 aromatic carbocycles. The quantitative estimate of drug-likeness (QED) is 0.751. The average Bonchev–Trinajstić information content (AvgIpc) is 3.00. The third-order valence-electron chi connectivity index (χ3n) is 3.68. The fraction of sp³-hybridized carbons (Fsp3) is 0.294. The Hall–Kier alpha value is -2.02. The summed E-state index contributed by atoms with van der Waals surface area (Å²) in [6.07, 6.45) is 0.890. The molecule has 2 aromatic heterocycles. The largest absolute Gasteiger partial charge is 0.390 e. The highest BCUT2D eigenvalue weighted by atomic mass is 32.1. The first-order valence-corrected chi connectivity index (χ1v) is 8.34. The van der Waals surface area contributed by atoms with Crippen LogP contribution in [0.1, 0.15) is 5.56 Å². The maximum atomic E-state index is 12.3. The lowest BCUT2D eigenvalue weighted by Gasteiger charge is -2.21. The van der Waals surface area contributed by atoms with E-state index in [2.05, 4.69) is 17.1 Å². The third kappa shape index (κ3) is 3.85.